The molecule has 4 rings (SSSR count). The number of hydrogen-bond acceptors (Lipinski definition) is 5. The van der Waals surface area contributed by atoms with Gasteiger partial charge in [0.2, 0.25) is 0 Å². The molecule has 3 aromatic rings. The zero-order valence-corrected chi connectivity index (χ0v) is 13.2. The lowest BCUT2D eigenvalue weighted by atomic mass is 10.2. The largest absolute Gasteiger partial charge is 0.346 e. The van der Waals surface area contributed by atoms with E-state index in [1.54, 1.807) is 12.7 Å². The van der Waals surface area contributed by atoms with Gasteiger partial charge in [0.05, 0.1) is 18.6 Å². The number of H-pyrrole nitrogens is 1. The summed E-state index contributed by atoms with van der Waals surface area (Å²) >= 11 is 0. The molecule has 0 aromatic carbocycles. The first-order valence-corrected chi connectivity index (χ1v) is 8.14. The molecule has 0 bridgehead atoms. The second-order valence-electron chi connectivity index (χ2n) is 6.13. The molecule has 6 nitrogen and oxygen atoms in total. The minimum atomic E-state index is 0.493. The van der Waals surface area contributed by atoms with Gasteiger partial charge in [-0.1, -0.05) is 18.9 Å². The highest BCUT2D eigenvalue weighted by molar-refractivity contribution is 5.82. The molecule has 23 heavy (non-hydrogen) atoms. The molecule has 1 fully saturated rings. The molecule has 118 valence electrons. The molecule has 3 heterocycles. The monoisotopic (exact) mass is 308 g/mol. The maximum absolute atomic E-state index is 4.66. The molecule has 0 radical (unpaired) electrons. The maximum atomic E-state index is 4.66. The van der Waals surface area contributed by atoms with E-state index in [1.165, 1.54) is 25.7 Å². The standard InChI is InChI=1S/C17H20N6/c1-12-5-4-6-13(22-12)9-23(14-7-2-3-8-14)17-15-16(19-10-18-15)20-11-21-17/h4-6,10-11,14H,2-3,7-9H2,1H3,(H,18,19,20,21). The molecule has 0 saturated heterocycles. The van der Waals surface area contributed by atoms with Crippen molar-refractivity contribution in [2.24, 2.45) is 0 Å². The van der Waals surface area contributed by atoms with Crippen LogP contribution in [0.1, 0.15) is 37.1 Å². The number of rotatable bonds is 4. The number of fused-ring (bicyclic) bond motifs is 1. The van der Waals surface area contributed by atoms with Crippen LogP contribution in [0.3, 0.4) is 0 Å². The molecule has 1 saturated carbocycles. The van der Waals surface area contributed by atoms with Crippen molar-refractivity contribution in [2.45, 2.75) is 45.2 Å². The van der Waals surface area contributed by atoms with Crippen LogP contribution in [0, 0.1) is 6.92 Å². The number of aryl methyl sites for hydroxylation is 1. The predicted molar refractivity (Wildman–Crippen MR) is 89.1 cm³/mol. The van der Waals surface area contributed by atoms with Crippen LogP contribution in [0.25, 0.3) is 11.2 Å². The van der Waals surface area contributed by atoms with Crippen LogP contribution >= 0.6 is 0 Å². The molecule has 1 N–H and O–H groups in total. The van der Waals surface area contributed by atoms with Gasteiger partial charge in [0.1, 0.15) is 11.8 Å². The number of aromatic nitrogens is 5. The SMILES string of the molecule is Cc1cccc(CN(c2ncnc3[nH]cnc23)C2CCCC2)n1. The van der Waals surface area contributed by atoms with Crippen molar-refractivity contribution in [3.8, 4) is 0 Å². The predicted octanol–water partition coefficient (Wildman–Crippen LogP) is 3.01. The van der Waals surface area contributed by atoms with Gasteiger partial charge in [-0.05, 0) is 31.9 Å². The quantitative estimate of drug-likeness (QED) is 0.802. The van der Waals surface area contributed by atoms with Crippen LogP contribution in [-0.4, -0.2) is 31.0 Å². The van der Waals surface area contributed by atoms with Gasteiger partial charge in [-0.2, -0.15) is 0 Å². The Morgan fingerprint density at radius 3 is 2.87 bits per heavy atom. The van der Waals surface area contributed by atoms with Gasteiger partial charge < -0.3 is 9.88 Å². The van der Waals surface area contributed by atoms with Gasteiger partial charge in [0.25, 0.3) is 0 Å². The number of aromatic amines is 1. The number of pyridine rings is 1. The van der Waals surface area contributed by atoms with Gasteiger partial charge in [0, 0.05) is 11.7 Å². The number of hydrogen-bond donors (Lipinski definition) is 1. The average Bonchev–Trinajstić information content (AvgIpc) is 3.23. The van der Waals surface area contributed by atoms with E-state index in [4.69, 9.17) is 0 Å². The Morgan fingerprint density at radius 1 is 1.17 bits per heavy atom. The molecule has 1 aliphatic rings. The lowest BCUT2D eigenvalue weighted by Crippen LogP contribution is -2.34. The van der Waals surface area contributed by atoms with E-state index in [0.29, 0.717) is 6.04 Å². The van der Waals surface area contributed by atoms with Crippen LogP contribution in [0.15, 0.2) is 30.9 Å². The van der Waals surface area contributed by atoms with Crippen molar-refractivity contribution in [2.75, 3.05) is 4.90 Å². The molecule has 0 atom stereocenters. The summed E-state index contributed by atoms with van der Waals surface area (Å²) in [5.74, 6) is 0.909. The Balaban J connectivity index is 1.74. The molecule has 1 aliphatic carbocycles. The van der Waals surface area contributed by atoms with Crippen molar-refractivity contribution in [1.29, 1.82) is 0 Å². The lowest BCUT2D eigenvalue weighted by Gasteiger charge is -2.29. The minimum Gasteiger partial charge on any atom is -0.346 e. The third-order valence-electron chi connectivity index (χ3n) is 4.51. The van der Waals surface area contributed by atoms with E-state index in [2.05, 4.69) is 42.0 Å². The topological polar surface area (TPSA) is 70.6 Å². The smallest absolute Gasteiger partial charge is 0.162 e. The molecule has 6 heteroatoms. The summed E-state index contributed by atoms with van der Waals surface area (Å²) < 4.78 is 0. The Labute approximate surface area is 135 Å². The summed E-state index contributed by atoms with van der Waals surface area (Å²) in [6.07, 6.45) is 8.24. The van der Waals surface area contributed by atoms with Crippen LogP contribution in [-0.2, 0) is 6.54 Å². The van der Waals surface area contributed by atoms with Crippen molar-refractivity contribution in [3.63, 3.8) is 0 Å². The first kappa shape index (κ1) is 14.1. The molecule has 0 spiro atoms. The van der Waals surface area contributed by atoms with E-state index in [-0.39, 0.29) is 0 Å². The normalized spacial score (nSPS) is 15.3. The molecule has 0 unspecified atom stereocenters. The summed E-state index contributed by atoms with van der Waals surface area (Å²) in [7, 11) is 0. The van der Waals surface area contributed by atoms with Gasteiger partial charge in [-0.25, -0.2) is 15.0 Å². The minimum absolute atomic E-state index is 0.493. The van der Waals surface area contributed by atoms with Crippen molar-refractivity contribution >= 4 is 17.0 Å². The zero-order valence-electron chi connectivity index (χ0n) is 13.2. The van der Waals surface area contributed by atoms with E-state index in [9.17, 15) is 0 Å². The summed E-state index contributed by atoms with van der Waals surface area (Å²) in [6.45, 7) is 2.78. The number of nitrogens with one attached hydrogen (secondary N) is 1. The number of imidazole rings is 1. The first-order valence-electron chi connectivity index (χ1n) is 8.14. The summed E-state index contributed by atoms with van der Waals surface area (Å²) in [5.41, 5.74) is 3.74. The van der Waals surface area contributed by atoms with Gasteiger partial charge >= 0.3 is 0 Å². The van der Waals surface area contributed by atoms with Crippen LogP contribution in [0.5, 0.6) is 0 Å². The Morgan fingerprint density at radius 2 is 2.04 bits per heavy atom. The van der Waals surface area contributed by atoms with Crippen molar-refractivity contribution < 1.29 is 0 Å². The van der Waals surface area contributed by atoms with Crippen molar-refractivity contribution in [3.05, 3.63) is 42.2 Å². The Kier molecular flexibility index (Phi) is 3.65. The van der Waals surface area contributed by atoms with Gasteiger partial charge in [-0.3, -0.25) is 4.98 Å². The van der Waals surface area contributed by atoms with Crippen molar-refractivity contribution in [1.82, 2.24) is 24.9 Å². The third-order valence-corrected chi connectivity index (χ3v) is 4.51. The second-order valence-corrected chi connectivity index (χ2v) is 6.13. The fourth-order valence-electron chi connectivity index (χ4n) is 3.42. The fraction of sp³-hybridized carbons (Fsp3) is 0.412. The summed E-state index contributed by atoms with van der Waals surface area (Å²) in [6, 6.07) is 6.67. The molecule has 0 amide bonds. The fourth-order valence-corrected chi connectivity index (χ4v) is 3.42. The lowest BCUT2D eigenvalue weighted by molar-refractivity contribution is 0.593. The third kappa shape index (κ3) is 2.76. The van der Waals surface area contributed by atoms with E-state index < -0.39 is 0 Å². The first-order chi connectivity index (χ1) is 11.3. The van der Waals surface area contributed by atoms with Crippen LogP contribution in [0.2, 0.25) is 0 Å². The highest BCUT2D eigenvalue weighted by atomic mass is 15.2. The Hall–Kier alpha value is -2.50. The van der Waals surface area contributed by atoms with Crippen LogP contribution < -0.4 is 4.90 Å². The highest BCUT2D eigenvalue weighted by Gasteiger charge is 2.26. The highest BCUT2D eigenvalue weighted by Crippen LogP contribution is 2.31. The Bertz CT molecular complexity index is 805. The van der Waals surface area contributed by atoms with E-state index >= 15 is 0 Å². The van der Waals surface area contributed by atoms with Crippen LogP contribution in [0.4, 0.5) is 5.82 Å². The summed E-state index contributed by atoms with van der Waals surface area (Å²) in [4.78, 5) is 23.3. The average molecular weight is 308 g/mol. The second kappa shape index (κ2) is 5.95. The molecule has 3 aromatic heterocycles. The van der Waals surface area contributed by atoms with E-state index in [0.717, 1.165) is 34.9 Å². The van der Waals surface area contributed by atoms with Gasteiger partial charge in [0.15, 0.2) is 11.5 Å². The maximum Gasteiger partial charge on any atom is 0.162 e. The molecular weight excluding hydrogens is 288 g/mol. The molecular formula is C17H20N6. The molecule has 0 aliphatic heterocycles. The summed E-state index contributed by atoms with van der Waals surface area (Å²) in [5, 5.41) is 0. The van der Waals surface area contributed by atoms with E-state index in [1.807, 2.05) is 13.0 Å². The number of nitrogens with zero attached hydrogens (tertiary/aromatic N) is 5. The zero-order chi connectivity index (χ0) is 15.6. The van der Waals surface area contributed by atoms with Gasteiger partial charge in [-0.15, -0.1) is 0 Å². The number of anilines is 1.